The van der Waals surface area contributed by atoms with Crippen molar-refractivity contribution in [2.45, 2.75) is 20.3 Å². The van der Waals surface area contributed by atoms with Gasteiger partial charge < -0.3 is 4.74 Å². The van der Waals surface area contributed by atoms with E-state index in [4.69, 9.17) is 4.74 Å². The highest BCUT2D eigenvalue weighted by Gasteiger charge is 2.24. The summed E-state index contributed by atoms with van der Waals surface area (Å²) in [4.78, 5) is 0. The summed E-state index contributed by atoms with van der Waals surface area (Å²) in [5.74, 6) is 0.669. The number of ether oxygens (including phenoxy) is 1. The molecule has 0 bridgehead atoms. The Kier molecular flexibility index (Phi) is 3.32. The Morgan fingerprint density at radius 3 is 2.76 bits per heavy atom. The SMILES string of the molecule is CCS(=O)(=O)C1=CCc2cc(C)cc(Br)c2O1. The lowest BCUT2D eigenvalue weighted by atomic mass is 10.1. The van der Waals surface area contributed by atoms with Gasteiger partial charge in [-0.1, -0.05) is 13.0 Å². The van der Waals surface area contributed by atoms with Crippen LogP contribution in [0, 0.1) is 6.92 Å². The van der Waals surface area contributed by atoms with Gasteiger partial charge in [0, 0.05) is 5.56 Å². The van der Waals surface area contributed by atoms with E-state index in [0.29, 0.717) is 12.2 Å². The maximum atomic E-state index is 11.7. The minimum atomic E-state index is -3.27. The van der Waals surface area contributed by atoms with Gasteiger partial charge in [0.1, 0.15) is 5.75 Å². The van der Waals surface area contributed by atoms with Gasteiger partial charge in [-0.2, -0.15) is 0 Å². The van der Waals surface area contributed by atoms with Gasteiger partial charge in [-0.25, -0.2) is 8.42 Å². The predicted molar refractivity (Wildman–Crippen MR) is 70.8 cm³/mol. The molecule has 0 N–H and O–H groups in total. The number of allylic oxidation sites excluding steroid dienone is 1. The number of fused-ring (bicyclic) bond motifs is 1. The second-order valence-corrected chi connectivity index (χ2v) is 7.03. The molecule has 2 rings (SSSR count). The van der Waals surface area contributed by atoms with Gasteiger partial charge in [0.25, 0.3) is 0 Å². The lowest BCUT2D eigenvalue weighted by Gasteiger charge is -2.19. The lowest BCUT2D eigenvalue weighted by Crippen LogP contribution is -2.16. The highest BCUT2D eigenvalue weighted by Crippen LogP contribution is 2.36. The van der Waals surface area contributed by atoms with E-state index in [0.717, 1.165) is 15.6 Å². The number of rotatable bonds is 2. The molecule has 0 fully saturated rings. The third-order valence-corrected chi connectivity index (χ3v) is 4.85. The zero-order chi connectivity index (χ0) is 12.6. The van der Waals surface area contributed by atoms with Crippen LogP contribution in [-0.2, 0) is 16.3 Å². The van der Waals surface area contributed by atoms with Crippen LogP contribution in [0.4, 0.5) is 0 Å². The summed E-state index contributed by atoms with van der Waals surface area (Å²) in [5.41, 5.74) is 2.13. The van der Waals surface area contributed by atoms with Crippen LogP contribution in [0.25, 0.3) is 0 Å². The first kappa shape index (κ1) is 12.6. The average molecular weight is 317 g/mol. The summed E-state index contributed by atoms with van der Waals surface area (Å²) < 4.78 is 29.8. The zero-order valence-electron chi connectivity index (χ0n) is 9.66. The first-order valence-electron chi connectivity index (χ1n) is 5.34. The number of halogens is 1. The van der Waals surface area contributed by atoms with Crippen LogP contribution in [0.1, 0.15) is 18.1 Å². The number of benzene rings is 1. The molecule has 0 spiro atoms. The normalized spacial score (nSPS) is 14.9. The third kappa shape index (κ3) is 2.40. The Balaban J connectivity index is 2.44. The van der Waals surface area contributed by atoms with Gasteiger partial charge in [0.15, 0.2) is 0 Å². The monoisotopic (exact) mass is 316 g/mol. The van der Waals surface area contributed by atoms with E-state index in [9.17, 15) is 8.42 Å². The van der Waals surface area contributed by atoms with E-state index in [-0.39, 0.29) is 10.8 Å². The Morgan fingerprint density at radius 2 is 2.12 bits per heavy atom. The lowest BCUT2D eigenvalue weighted by molar-refractivity contribution is 0.432. The smallest absolute Gasteiger partial charge is 0.214 e. The van der Waals surface area contributed by atoms with E-state index >= 15 is 0 Å². The molecule has 0 saturated carbocycles. The molecule has 0 saturated heterocycles. The molecule has 1 heterocycles. The average Bonchev–Trinajstić information content (AvgIpc) is 2.28. The van der Waals surface area contributed by atoms with Crippen LogP contribution in [-0.4, -0.2) is 14.2 Å². The molecule has 0 amide bonds. The van der Waals surface area contributed by atoms with Gasteiger partial charge in [-0.05, 0) is 47.0 Å². The summed E-state index contributed by atoms with van der Waals surface area (Å²) in [7, 11) is -3.27. The number of hydrogen-bond donors (Lipinski definition) is 0. The molecular formula is C12H13BrO3S. The number of hydrogen-bond acceptors (Lipinski definition) is 3. The van der Waals surface area contributed by atoms with Crippen molar-refractivity contribution in [2.24, 2.45) is 0 Å². The molecule has 92 valence electrons. The Labute approximate surface area is 110 Å². The highest BCUT2D eigenvalue weighted by molar-refractivity contribution is 9.10. The van der Waals surface area contributed by atoms with Gasteiger partial charge in [-0.15, -0.1) is 0 Å². The molecule has 0 aromatic heterocycles. The molecular weight excluding hydrogens is 304 g/mol. The zero-order valence-corrected chi connectivity index (χ0v) is 12.1. The van der Waals surface area contributed by atoms with Crippen LogP contribution in [0.15, 0.2) is 27.8 Å². The Hall–Kier alpha value is -0.810. The van der Waals surface area contributed by atoms with Crippen molar-refractivity contribution >= 4 is 25.8 Å². The fourth-order valence-electron chi connectivity index (χ4n) is 1.74. The van der Waals surface area contributed by atoms with Crippen LogP contribution in [0.3, 0.4) is 0 Å². The summed E-state index contributed by atoms with van der Waals surface area (Å²) in [6, 6.07) is 3.92. The first-order chi connectivity index (χ1) is 7.94. The molecule has 17 heavy (non-hydrogen) atoms. The minimum absolute atomic E-state index is 0.0532. The molecule has 1 aromatic carbocycles. The van der Waals surface area contributed by atoms with Crippen molar-refractivity contribution in [1.29, 1.82) is 0 Å². The fraction of sp³-hybridized carbons (Fsp3) is 0.333. The molecule has 1 aliphatic heterocycles. The highest BCUT2D eigenvalue weighted by atomic mass is 79.9. The minimum Gasteiger partial charge on any atom is -0.444 e. The second kappa shape index (κ2) is 4.46. The van der Waals surface area contributed by atoms with Crippen LogP contribution in [0.2, 0.25) is 0 Å². The number of aryl methyl sites for hydroxylation is 1. The largest absolute Gasteiger partial charge is 0.444 e. The van der Waals surface area contributed by atoms with Crippen LogP contribution in [0.5, 0.6) is 5.75 Å². The molecule has 0 aliphatic carbocycles. The first-order valence-corrected chi connectivity index (χ1v) is 7.78. The summed E-state index contributed by atoms with van der Waals surface area (Å²) in [6.45, 7) is 3.60. The summed E-state index contributed by atoms with van der Waals surface area (Å²) >= 11 is 3.40. The Bertz CT molecular complexity index is 588. The van der Waals surface area contributed by atoms with Gasteiger partial charge in [0.05, 0.1) is 10.2 Å². The summed E-state index contributed by atoms with van der Waals surface area (Å²) in [6.07, 6.45) is 2.22. The third-order valence-electron chi connectivity index (χ3n) is 2.64. The maximum absolute atomic E-state index is 11.7. The van der Waals surface area contributed by atoms with Gasteiger partial charge in [-0.3, -0.25) is 0 Å². The topological polar surface area (TPSA) is 43.4 Å². The quantitative estimate of drug-likeness (QED) is 0.842. The molecule has 3 nitrogen and oxygen atoms in total. The molecule has 0 unspecified atom stereocenters. The van der Waals surface area contributed by atoms with Gasteiger partial charge in [0.2, 0.25) is 14.9 Å². The molecule has 1 aromatic rings. The van der Waals surface area contributed by atoms with E-state index in [1.807, 2.05) is 19.1 Å². The summed E-state index contributed by atoms with van der Waals surface area (Å²) in [5, 5.41) is 0.0667. The van der Waals surface area contributed by atoms with E-state index in [2.05, 4.69) is 15.9 Å². The molecule has 0 atom stereocenters. The standard InChI is InChI=1S/C12H13BrO3S/c1-3-17(14,15)11-5-4-9-6-8(2)7-10(13)12(9)16-11/h5-7H,3-4H2,1-2H3. The van der Waals surface area contributed by atoms with E-state index < -0.39 is 9.84 Å². The van der Waals surface area contributed by atoms with Crippen molar-refractivity contribution < 1.29 is 13.2 Å². The Morgan fingerprint density at radius 1 is 1.41 bits per heavy atom. The number of sulfone groups is 1. The van der Waals surface area contributed by atoms with E-state index in [1.165, 1.54) is 0 Å². The molecule has 5 heteroatoms. The second-order valence-electron chi connectivity index (χ2n) is 3.97. The van der Waals surface area contributed by atoms with Crippen molar-refractivity contribution in [3.63, 3.8) is 0 Å². The maximum Gasteiger partial charge on any atom is 0.214 e. The van der Waals surface area contributed by atoms with Crippen molar-refractivity contribution in [3.05, 3.63) is 38.9 Å². The molecule has 1 aliphatic rings. The van der Waals surface area contributed by atoms with Crippen molar-refractivity contribution in [2.75, 3.05) is 5.75 Å². The van der Waals surface area contributed by atoms with Crippen molar-refractivity contribution in [1.82, 2.24) is 0 Å². The van der Waals surface area contributed by atoms with E-state index in [1.54, 1.807) is 13.0 Å². The fourth-order valence-corrected chi connectivity index (χ4v) is 3.26. The van der Waals surface area contributed by atoms with Crippen molar-refractivity contribution in [3.8, 4) is 5.75 Å². The van der Waals surface area contributed by atoms with Crippen LogP contribution < -0.4 is 4.74 Å². The predicted octanol–water partition coefficient (Wildman–Crippen LogP) is 2.97. The van der Waals surface area contributed by atoms with Gasteiger partial charge >= 0.3 is 0 Å². The molecule has 0 radical (unpaired) electrons. The van der Waals surface area contributed by atoms with Crippen LogP contribution >= 0.6 is 15.9 Å².